The second-order valence-electron chi connectivity index (χ2n) is 5.38. The normalized spacial score (nSPS) is 11.8. The molecule has 0 unspecified atom stereocenters. The first-order valence-corrected chi connectivity index (χ1v) is 6.77. The number of nitrogens with zero attached hydrogens (tertiary/aromatic N) is 3. The molecule has 0 saturated carbocycles. The Morgan fingerprint density at radius 2 is 1.94 bits per heavy atom. The van der Waals surface area contributed by atoms with Gasteiger partial charge in [0, 0.05) is 16.9 Å². The van der Waals surface area contributed by atoms with E-state index in [2.05, 4.69) is 35.7 Å². The van der Waals surface area contributed by atoms with Crippen molar-refractivity contribution < 1.29 is 0 Å². The van der Waals surface area contributed by atoms with Gasteiger partial charge in [-0.25, -0.2) is 15.0 Å². The maximum Gasteiger partial charge on any atom is 0.136 e. The van der Waals surface area contributed by atoms with Gasteiger partial charge in [-0.3, -0.25) is 0 Å². The summed E-state index contributed by atoms with van der Waals surface area (Å²) in [7, 11) is 0. The molecule has 0 aliphatic rings. The van der Waals surface area contributed by atoms with E-state index in [1.54, 1.807) is 11.3 Å². The standard InChI is InChI=1S/C13H18N4S/c1-8-15-9(7-18-8)5-12-16-10(13(2,3)4)6-11(14)17-12/h6-7H,5H2,1-4H3,(H2,14,16,17). The molecule has 0 fully saturated rings. The topological polar surface area (TPSA) is 64.7 Å². The van der Waals surface area contributed by atoms with Gasteiger partial charge < -0.3 is 5.73 Å². The molecule has 0 amide bonds. The molecule has 0 radical (unpaired) electrons. The lowest BCUT2D eigenvalue weighted by Crippen LogP contribution is -2.16. The molecule has 0 aliphatic carbocycles. The number of aromatic nitrogens is 3. The van der Waals surface area contributed by atoms with Gasteiger partial charge in [0.25, 0.3) is 0 Å². The van der Waals surface area contributed by atoms with Gasteiger partial charge in [0.1, 0.15) is 11.6 Å². The number of hydrogen-bond acceptors (Lipinski definition) is 5. The van der Waals surface area contributed by atoms with E-state index in [4.69, 9.17) is 5.73 Å². The molecule has 5 heteroatoms. The summed E-state index contributed by atoms with van der Waals surface area (Å²) in [4.78, 5) is 13.3. The van der Waals surface area contributed by atoms with E-state index in [0.29, 0.717) is 12.2 Å². The van der Waals surface area contributed by atoms with Crippen molar-refractivity contribution in [2.75, 3.05) is 5.73 Å². The molecule has 2 N–H and O–H groups in total. The monoisotopic (exact) mass is 262 g/mol. The van der Waals surface area contributed by atoms with Crippen LogP contribution in [0, 0.1) is 6.92 Å². The van der Waals surface area contributed by atoms with Gasteiger partial charge in [-0.1, -0.05) is 20.8 Å². The third kappa shape index (κ3) is 3.04. The smallest absolute Gasteiger partial charge is 0.136 e. The highest BCUT2D eigenvalue weighted by Gasteiger charge is 2.17. The molecule has 0 spiro atoms. The van der Waals surface area contributed by atoms with Crippen LogP contribution in [-0.4, -0.2) is 15.0 Å². The van der Waals surface area contributed by atoms with Crippen molar-refractivity contribution in [3.63, 3.8) is 0 Å². The molecular weight excluding hydrogens is 244 g/mol. The fourth-order valence-electron chi connectivity index (χ4n) is 1.63. The van der Waals surface area contributed by atoms with E-state index < -0.39 is 0 Å². The van der Waals surface area contributed by atoms with Crippen LogP contribution in [-0.2, 0) is 11.8 Å². The SMILES string of the molecule is Cc1nc(Cc2nc(N)cc(C(C)(C)C)n2)cs1. The quantitative estimate of drug-likeness (QED) is 0.903. The lowest BCUT2D eigenvalue weighted by Gasteiger charge is -2.18. The maximum atomic E-state index is 5.85. The molecule has 0 saturated heterocycles. The molecule has 96 valence electrons. The summed E-state index contributed by atoms with van der Waals surface area (Å²) in [6.45, 7) is 8.34. The zero-order chi connectivity index (χ0) is 13.3. The van der Waals surface area contributed by atoms with Gasteiger partial charge in [-0.05, 0) is 6.92 Å². The molecule has 0 atom stereocenters. The Kier molecular flexibility index (Phi) is 3.34. The number of thiazole rings is 1. The van der Waals surface area contributed by atoms with Crippen molar-refractivity contribution in [2.24, 2.45) is 0 Å². The largest absolute Gasteiger partial charge is 0.384 e. The van der Waals surface area contributed by atoms with Crippen LogP contribution in [0.5, 0.6) is 0 Å². The molecule has 0 aromatic carbocycles. The number of aryl methyl sites for hydroxylation is 1. The molecule has 0 aliphatic heterocycles. The first kappa shape index (κ1) is 13.0. The van der Waals surface area contributed by atoms with Crippen LogP contribution in [0.3, 0.4) is 0 Å². The minimum atomic E-state index is -0.0240. The third-order valence-electron chi connectivity index (χ3n) is 2.57. The Bertz CT molecular complexity index is 554. The van der Waals surface area contributed by atoms with E-state index in [-0.39, 0.29) is 5.41 Å². The Morgan fingerprint density at radius 1 is 1.22 bits per heavy atom. The van der Waals surface area contributed by atoms with Crippen LogP contribution in [0.4, 0.5) is 5.82 Å². The van der Waals surface area contributed by atoms with Crippen molar-refractivity contribution in [3.05, 3.63) is 33.7 Å². The predicted octanol–water partition coefficient (Wildman–Crippen LogP) is 2.71. The average molecular weight is 262 g/mol. The van der Waals surface area contributed by atoms with E-state index in [0.717, 1.165) is 22.2 Å². The van der Waals surface area contributed by atoms with Gasteiger partial charge in [0.15, 0.2) is 0 Å². The van der Waals surface area contributed by atoms with Crippen molar-refractivity contribution >= 4 is 17.2 Å². The summed E-state index contributed by atoms with van der Waals surface area (Å²) in [5.74, 6) is 1.27. The number of nitrogens with two attached hydrogens (primary N) is 1. The van der Waals surface area contributed by atoms with Gasteiger partial charge in [-0.15, -0.1) is 11.3 Å². The third-order valence-corrected chi connectivity index (χ3v) is 3.39. The summed E-state index contributed by atoms with van der Waals surface area (Å²) in [6, 6.07) is 1.84. The van der Waals surface area contributed by atoms with Crippen LogP contribution in [0.15, 0.2) is 11.4 Å². The molecular formula is C13H18N4S. The van der Waals surface area contributed by atoms with Crippen LogP contribution < -0.4 is 5.73 Å². The zero-order valence-electron chi connectivity index (χ0n) is 11.2. The van der Waals surface area contributed by atoms with Crippen molar-refractivity contribution in [1.82, 2.24) is 15.0 Å². The lowest BCUT2D eigenvalue weighted by atomic mass is 9.92. The highest BCUT2D eigenvalue weighted by atomic mass is 32.1. The Hall–Kier alpha value is -1.49. The Labute approximate surface area is 111 Å². The van der Waals surface area contributed by atoms with E-state index in [9.17, 15) is 0 Å². The number of nitrogen functional groups attached to an aromatic ring is 1. The second-order valence-corrected chi connectivity index (χ2v) is 6.44. The summed E-state index contributed by atoms with van der Waals surface area (Å²) in [6.07, 6.45) is 0.637. The van der Waals surface area contributed by atoms with Crippen molar-refractivity contribution in [3.8, 4) is 0 Å². The lowest BCUT2D eigenvalue weighted by molar-refractivity contribution is 0.563. The van der Waals surface area contributed by atoms with Gasteiger partial charge in [0.05, 0.1) is 22.8 Å². The summed E-state index contributed by atoms with van der Waals surface area (Å²) in [5.41, 5.74) is 7.79. The molecule has 2 aromatic rings. The van der Waals surface area contributed by atoms with Crippen LogP contribution in [0.2, 0.25) is 0 Å². The highest BCUT2D eigenvalue weighted by Crippen LogP contribution is 2.22. The molecule has 2 rings (SSSR count). The summed E-state index contributed by atoms with van der Waals surface area (Å²) in [5, 5.41) is 3.10. The van der Waals surface area contributed by atoms with E-state index in [1.807, 2.05) is 18.4 Å². The summed E-state index contributed by atoms with van der Waals surface area (Å²) >= 11 is 1.64. The number of hydrogen-bond donors (Lipinski definition) is 1. The minimum absolute atomic E-state index is 0.0240. The van der Waals surface area contributed by atoms with Gasteiger partial charge >= 0.3 is 0 Å². The van der Waals surface area contributed by atoms with Crippen LogP contribution >= 0.6 is 11.3 Å². The number of anilines is 1. The van der Waals surface area contributed by atoms with Crippen molar-refractivity contribution in [2.45, 2.75) is 39.5 Å². The van der Waals surface area contributed by atoms with Crippen LogP contribution in [0.25, 0.3) is 0 Å². The molecule has 2 aromatic heterocycles. The summed E-state index contributed by atoms with van der Waals surface area (Å²) < 4.78 is 0. The van der Waals surface area contributed by atoms with Crippen molar-refractivity contribution in [1.29, 1.82) is 0 Å². The highest BCUT2D eigenvalue weighted by molar-refractivity contribution is 7.09. The fraction of sp³-hybridized carbons (Fsp3) is 0.462. The molecule has 2 heterocycles. The zero-order valence-corrected chi connectivity index (χ0v) is 12.0. The first-order valence-electron chi connectivity index (χ1n) is 5.89. The Balaban J connectivity index is 2.31. The van der Waals surface area contributed by atoms with Gasteiger partial charge in [0.2, 0.25) is 0 Å². The fourth-order valence-corrected chi connectivity index (χ4v) is 2.24. The molecule has 4 nitrogen and oxygen atoms in total. The molecule has 0 bridgehead atoms. The van der Waals surface area contributed by atoms with Crippen LogP contribution in [0.1, 0.15) is 43.0 Å². The maximum absolute atomic E-state index is 5.85. The predicted molar refractivity (Wildman–Crippen MR) is 74.8 cm³/mol. The first-order chi connectivity index (χ1) is 8.34. The van der Waals surface area contributed by atoms with Gasteiger partial charge in [-0.2, -0.15) is 0 Å². The molecule has 18 heavy (non-hydrogen) atoms. The Morgan fingerprint density at radius 3 is 2.50 bits per heavy atom. The average Bonchev–Trinajstić information content (AvgIpc) is 2.61. The number of rotatable bonds is 2. The second kappa shape index (κ2) is 4.65. The minimum Gasteiger partial charge on any atom is -0.384 e. The van der Waals surface area contributed by atoms with E-state index in [1.165, 1.54) is 0 Å². The van der Waals surface area contributed by atoms with E-state index >= 15 is 0 Å².